The summed E-state index contributed by atoms with van der Waals surface area (Å²) in [6.07, 6.45) is 8.13. The highest BCUT2D eigenvalue weighted by Crippen LogP contribution is 2.49. The lowest BCUT2D eigenvalue weighted by atomic mass is 10.1. The van der Waals surface area contributed by atoms with Crippen LogP contribution in [0.15, 0.2) is 72.1 Å². The number of carbonyl (C=O) groups excluding carboxylic acids is 4. The average molecular weight is 1220 g/mol. The molecule has 24 heteroatoms. The predicted octanol–water partition coefficient (Wildman–Crippen LogP) is 14.3. The van der Waals surface area contributed by atoms with Crippen molar-refractivity contribution in [2.45, 2.75) is 143 Å². The van der Waals surface area contributed by atoms with Crippen LogP contribution in [0.3, 0.4) is 0 Å². The van der Waals surface area contributed by atoms with Crippen molar-refractivity contribution in [1.82, 2.24) is 9.80 Å². The fourth-order valence-electron chi connectivity index (χ4n) is 8.63. The minimum absolute atomic E-state index is 0.0239. The number of anilines is 2. The smallest absolute Gasteiger partial charge is 0.416 e. The van der Waals surface area contributed by atoms with Gasteiger partial charge in [0.25, 0.3) is 11.8 Å². The Balaban J connectivity index is 1.36. The lowest BCUT2D eigenvalue weighted by molar-refractivity contribution is 0.0583. The molecule has 4 aliphatic rings. The summed E-state index contributed by atoms with van der Waals surface area (Å²) in [5, 5.41) is -0.632. The predicted molar refractivity (Wildman–Crippen MR) is 309 cm³/mol. The van der Waals surface area contributed by atoms with Gasteiger partial charge in [0.05, 0.1) is 62.0 Å². The number of amides is 4. The molecule has 0 aromatic heterocycles. The average Bonchev–Trinajstić information content (AvgIpc) is 3.92. The Bertz CT molecular complexity index is 2520. The number of rotatable bonds is 16. The van der Waals surface area contributed by atoms with E-state index in [-0.39, 0.29) is 75.2 Å². The molecule has 0 spiro atoms. The van der Waals surface area contributed by atoms with Crippen LogP contribution in [0.25, 0.3) is 0 Å². The second kappa shape index (κ2) is 24.1. The van der Waals surface area contributed by atoms with Crippen LogP contribution in [0, 0.1) is 0 Å². The van der Waals surface area contributed by atoms with E-state index in [0.29, 0.717) is 12.8 Å². The molecule has 2 aromatic carbocycles. The maximum absolute atomic E-state index is 14.8. The SMILES string of the molecule is CC=CC1=CN2C(=O)c3cc(OC)c(OCCCOc4cc5c(cc4OC)C(=O)N4C=C(C=CC)C[C@H]4[C@H](O[Si](C)(C)C(C)(C)C)N5C(=O)OCC(Cl)(Cl)Cl)cc3N(C(=O)OCC(Cl)(Cl)Cl)[C@@H](O[Si](C)(C)C(C)(C)C)[C@@H]2C1. The molecule has 0 N–H and O–H groups in total. The van der Waals surface area contributed by atoms with E-state index in [1.807, 2.05) is 38.2 Å². The molecule has 4 aliphatic heterocycles. The molecule has 424 valence electrons. The van der Waals surface area contributed by atoms with Crippen LogP contribution in [0.1, 0.15) is 95.4 Å². The summed E-state index contributed by atoms with van der Waals surface area (Å²) in [7, 11) is -2.57. The molecule has 0 aliphatic carbocycles. The third-order valence-corrected chi connectivity index (χ3v) is 24.1. The second-order valence-electron chi connectivity index (χ2n) is 22.1. The van der Waals surface area contributed by atoms with E-state index in [1.165, 1.54) is 48.3 Å². The third-order valence-electron chi connectivity index (χ3n) is 14.5. The second-order valence-corrected chi connectivity index (χ2v) is 36.6. The summed E-state index contributed by atoms with van der Waals surface area (Å²) in [5.74, 6) is -0.0597. The van der Waals surface area contributed by atoms with Gasteiger partial charge in [-0.2, -0.15) is 0 Å². The highest BCUT2D eigenvalue weighted by Gasteiger charge is 2.53. The summed E-state index contributed by atoms with van der Waals surface area (Å²) in [5.41, 5.74) is 2.18. The van der Waals surface area contributed by atoms with Crippen LogP contribution in [0.2, 0.25) is 36.3 Å². The van der Waals surface area contributed by atoms with Gasteiger partial charge < -0.3 is 47.1 Å². The zero-order valence-electron chi connectivity index (χ0n) is 46.0. The number of allylic oxidation sites excluding steroid dienone is 4. The minimum Gasteiger partial charge on any atom is -0.493 e. The molecule has 2 aromatic rings. The summed E-state index contributed by atoms with van der Waals surface area (Å²) >= 11 is 36.6. The van der Waals surface area contributed by atoms with Crippen LogP contribution in [0.5, 0.6) is 23.0 Å². The maximum Gasteiger partial charge on any atom is 0.416 e. The van der Waals surface area contributed by atoms with Gasteiger partial charge in [-0.3, -0.25) is 9.59 Å². The summed E-state index contributed by atoms with van der Waals surface area (Å²) in [4.78, 5) is 64.4. The normalized spacial score (nSPS) is 20.3. The molecule has 0 bridgehead atoms. The first kappa shape index (κ1) is 62.4. The Morgan fingerprint density at radius 3 is 1.25 bits per heavy atom. The summed E-state index contributed by atoms with van der Waals surface area (Å²) in [6, 6.07) is 4.76. The van der Waals surface area contributed by atoms with E-state index in [1.54, 1.807) is 22.2 Å². The van der Waals surface area contributed by atoms with Crippen LogP contribution in [-0.2, 0) is 18.3 Å². The van der Waals surface area contributed by atoms with Gasteiger partial charge in [-0.05, 0) is 86.2 Å². The molecule has 4 heterocycles. The lowest BCUT2D eigenvalue weighted by Crippen LogP contribution is -2.58. The van der Waals surface area contributed by atoms with Crippen molar-refractivity contribution in [3.8, 4) is 23.0 Å². The number of alkyl halides is 6. The van der Waals surface area contributed by atoms with Crippen molar-refractivity contribution >= 4 is 122 Å². The van der Waals surface area contributed by atoms with Gasteiger partial charge in [0.2, 0.25) is 7.59 Å². The molecule has 0 saturated carbocycles. The molecule has 77 heavy (non-hydrogen) atoms. The molecule has 0 fully saturated rings. The number of hydrogen-bond donors (Lipinski definition) is 0. The number of benzene rings is 2. The van der Waals surface area contributed by atoms with Gasteiger partial charge in [-0.25, -0.2) is 19.4 Å². The largest absolute Gasteiger partial charge is 0.493 e. The number of fused-ring (bicyclic) bond motifs is 4. The molecular weight excluding hydrogens is 1150 g/mol. The van der Waals surface area contributed by atoms with E-state index in [0.717, 1.165) is 11.1 Å². The highest BCUT2D eigenvalue weighted by molar-refractivity contribution is 6.74. The van der Waals surface area contributed by atoms with Gasteiger partial charge in [-0.1, -0.05) is 135 Å². The molecule has 16 nitrogen and oxygen atoms in total. The van der Waals surface area contributed by atoms with Crippen LogP contribution in [0.4, 0.5) is 21.0 Å². The van der Waals surface area contributed by atoms with Crippen LogP contribution in [-0.4, -0.2) is 123 Å². The zero-order chi connectivity index (χ0) is 57.4. The van der Waals surface area contributed by atoms with Gasteiger partial charge in [0.1, 0.15) is 13.2 Å². The van der Waals surface area contributed by atoms with E-state index in [4.69, 9.17) is 107 Å². The first-order valence-corrected chi connectivity index (χ1v) is 33.2. The van der Waals surface area contributed by atoms with Crippen LogP contribution < -0.4 is 28.7 Å². The third kappa shape index (κ3) is 14.2. The molecule has 4 amide bonds. The Morgan fingerprint density at radius 1 is 0.597 bits per heavy atom. The van der Waals surface area contributed by atoms with Gasteiger partial charge in [-0.15, -0.1) is 0 Å². The Morgan fingerprint density at radius 2 is 0.948 bits per heavy atom. The molecule has 0 radical (unpaired) electrons. The summed E-state index contributed by atoms with van der Waals surface area (Å²) in [6.45, 7) is 23.3. The van der Waals surface area contributed by atoms with Crippen molar-refractivity contribution in [3.63, 3.8) is 0 Å². The quantitative estimate of drug-likeness (QED) is 0.0892. The van der Waals surface area contributed by atoms with Crippen molar-refractivity contribution < 1.29 is 56.5 Å². The number of ether oxygens (including phenoxy) is 6. The lowest BCUT2D eigenvalue weighted by Gasteiger charge is -2.44. The maximum atomic E-state index is 14.8. The topological polar surface area (TPSA) is 155 Å². The number of hydrogen-bond acceptors (Lipinski definition) is 12. The zero-order valence-corrected chi connectivity index (χ0v) is 52.5. The Kier molecular flexibility index (Phi) is 19.5. The van der Waals surface area contributed by atoms with Gasteiger partial charge >= 0.3 is 12.2 Å². The van der Waals surface area contributed by atoms with Gasteiger partial charge in [0, 0.05) is 31.0 Å². The number of carbonyl (C=O) groups is 4. The molecule has 4 atom stereocenters. The number of nitrogens with zero attached hydrogens (tertiary/aromatic N) is 4. The van der Waals surface area contributed by atoms with Crippen molar-refractivity contribution in [2.75, 3.05) is 50.4 Å². The molecular formula is C53H70Cl6N4O12Si2. The molecule has 0 unspecified atom stereocenters. The van der Waals surface area contributed by atoms with Crippen molar-refractivity contribution in [3.05, 3.63) is 83.2 Å². The Hall–Kier alpha value is -3.83. The minimum atomic E-state index is -2.72. The standard InChI is InChI=1S/C53H70Cl6N4O12Si2/c1-15-18-32-22-38-46(74-76(11,12)50(3,4)5)62(48(66)72-30-52(54,55)56)36-26-42(40(68-9)24-34(36)44(64)60(38)28-32)70-20-17-21-71-43-27-37-35(25-41(43)69-10)45(65)61-29-33(19-16-2)23-39(61)47(75-77(13,14)51(6,7)8)63(37)49(67)73-31-53(57,58)59/h15-16,18-19,24-29,38-39,46-47H,17,20-23,30-31H2,1-14H3/t38-,39-,46-,47-/m0/s1. The monoisotopic (exact) mass is 1220 g/mol. The van der Waals surface area contributed by atoms with E-state index >= 15 is 0 Å². The molecule has 6 rings (SSSR count). The fourth-order valence-corrected chi connectivity index (χ4v) is 11.4. The summed E-state index contributed by atoms with van der Waals surface area (Å²) < 4.78 is 46.1. The van der Waals surface area contributed by atoms with E-state index in [2.05, 4.69) is 67.7 Å². The van der Waals surface area contributed by atoms with Crippen molar-refractivity contribution in [2.24, 2.45) is 0 Å². The fraction of sp³-hybridized carbons (Fsp3) is 0.547. The Labute approximate surface area is 484 Å². The van der Waals surface area contributed by atoms with E-state index in [9.17, 15) is 19.2 Å². The molecule has 0 saturated heterocycles. The van der Waals surface area contributed by atoms with Crippen LogP contribution >= 0.6 is 69.6 Å². The van der Waals surface area contributed by atoms with Crippen molar-refractivity contribution in [1.29, 1.82) is 0 Å². The van der Waals surface area contributed by atoms with Gasteiger partial charge in [0.15, 0.2) is 52.1 Å². The first-order valence-electron chi connectivity index (χ1n) is 25.1. The number of halogens is 6. The highest BCUT2D eigenvalue weighted by atomic mass is 35.6. The van der Waals surface area contributed by atoms with E-state index < -0.39 is 86.0 Å². The first-order chi connectivity index (χ1) is 35.7. The number of methoxy groups -OCH3 is 2.